The van der Waals surface area contributed by atoms with E-state index < -0.39 is 0 Å². The minimum atomic E-state index is 0.103. The lowest BCUT2D eigenvalue weighted by Gasteiger charge is -2.29. The van der Waals surface area contributed by atoms with Gasteiger partial charge in [-0.2, -0.15) is 0 Å². The van der Waals surface area contributed by atoms with Crippen LogP contribution in [0.2, 0.25) is 0 Å². The second kappa shape index (κ2) is 6.83. The molecule has 0 heterocycles. The van der Waals surface area contributed by atoms with E-state index in [-0.39, 0.29) is 12.5 Å². The maximum Gasteiger partial charge on any atom is 0.220 e. The Labute approximate surface area is 92.3 Å². The van der Waals surface area contributed by atoms with E-state index >= 15 is 0 Å². The molecule has 0 radical (unpaired) electrons. The Hall–Kier alpha value is -0.570. The van der Waals surface area contributed by atoms with Crippen LogP contribution in [0.5, 0.6) is 0 Å². The van der Waals surface area contributed by atoms with Crippen molar-refractivity contribution in [3.05, 3.63) is 0 Å². The van der Waals surface area contributed by atoms with Gasteiger partial charge in [0.1, 0.15) is 0 Å². The highest BCUT2D eigenvalue weighted by Gasteiger charge is 2.21. The Balaban J connectivity index is 2.22. The fourth-order valence-corrected chi connectivity index (χ4v) is 2.33. The van der Waals surface area contributed by atoms with Crippen molar-refractivity contribution in [2.75, 3.05) is 6.61 Å². The third-order valence-electron chi connectivity index (χ3n) is 3.29. The highest BCUT2D eigenvalue weighted by atomic mass is 16.3. The molecule has 1 saturated carbocycles. The lowest BCUT2D eigenvalue weighted by molar-refractivity contribution is -0.122. The zero-order valence-electron chi connectivity index (χ0n) is 9.67. The Kier molecular flexibility index (Phi) is 5.69. The molecule has 0 saturated heterocycles. The fourth-order valence-electron chi connectivity index (χ4n) is 2.33. The van der Waals surface area contributed by atoms with Gasteiger partial charge < -0.3 is 10.4 Å². The number of hydrogen-bond donors (Lipinski definition) is 2. The number of amides is 1. The van der Waals surface area contributed by atoms with Gasteiger partial charge in [-0.15, -0.1) is 0 Å². The van der Waals surface area contributed by atoms with E-state index in [1.54, 1.807) is 0 Å². The summed E-state index contributed by atoms with van der Waals surface area (Å²) < 4.78 is 0. The van der Waals surface area contributed by atoms with Gasteiger partial charge in [0.15, 0.2) is 0 Å². The van der Waals surface area contributed by atoms with Gasteiger partial charge in [-0.3, -0.25) is 4.79 Å². The highest BCUT2D eigenvalue weighted by Crippen LogP contribution is 2.26. The van der Waals surface area contributed by atoms with Crippen molar-refractivity contribution in [1.29, 1.82) is 0 Å². The van der Waals surface area contributed by atoms with Crippen LogP contribution < -0.4 is 5.32 Å². The van der Waals surface area contributed by atoms with Crippen molar-refractivity contribution in [2.45, 2.75) is 57.9 Å². The summed E-state index contributed by atoms with van der Waals surface area (Å²) in [6, 6.07) is 0.384. The first-order chi connectivity index (χ1) is 7.26. The molecule has 1 rings (SSSR count). The number of carbonyl (C=O) groups excluding carboxylic acids is 1. The Morgan fingerprint density at radius 2 is 2.27 bits per heavy atom. The van der Waals surface area contributed by atoms with Gasteiger partial charge in [0.25, 0.3) is 0 Å². The molecule has 1 amide bonds. The van der Waals surface area contributed by atoms with Crippen LogP contribution in [0.25, 0.3) is 0 Å². The summed E-state index contributed by atoms with van der Waals surface area (Å²) in [6.45, 7) is 2.33. The molecule has 2 atom stereocenters. The zero-order chi connectivity index (χ0) is 11.1. The quantitative estimate of drug-likeness (QED) is 0.732. The van der Waals surface area contributed by atoms with Crippen LogP contribution in [0.1, 0.15) is 51.9 Å². The van der Waals surface area contributed by atoms with Crippen molar-refractivity contribution in [3.8, 4) is 0 Å². The van der Waals surface area contributed by atoms with E-state index in [0.29, 0.717) is 18.9 Å². The molecule has 0 aromatic carbocycles. The van der Waals surface area contributed by atoms with E-state index in [9.17, 15) is 4.79 Å². The summed E-state index contributed by atoms with van der Waals surface area (Å²) in [4.78, 5) is 11.4. The lowest BCUT2D eigenvalue weighted by atomic mass is 9.84. The topological polar surface area (TPSA) is 49.3 Å². The van der Waals surface area contributed by atoms with E-state index in [0.717, 1.165) is 18.8 Å². The maximum absolute atomic E-state index is 11.4. The predicted molar refractivity (Wildman–Crippen MR) is 60.5 cm³/mol. The fraction of sp³-hybridized carbons (Fsp3) is 0.917. The first-order valence-electron chi connectivity index (χ1n) is 6.16. The molecule has 1 aliphatic carbocycles. The Morgan fingerprint density at radius 1 is 1.47 bits per heavy atom. The number of carbonyl (C=O) groups is 1. The molecule has 0 aliphatic heterocycles. The van der Waals surface area contributed by atoms with Crippen LogP contribution in [0, 0.1) is 5.92 Å². The third-order valence-corrected chi connectivity index (χ3v) is 3.29. The number of aliphatic hydroxyl groups excluding tert-OH is 1. The molecule has 1 fully saturated rings. The van der Waals surface area contributed by atoms with Crippen molar-refractivity contribution in [2.24, 2.45) is 5.92 Å². The summed E-state index contributed by atoms with van der Waals surface area (Å²) in [5.74, 6) is 0.896. The summed E-state index contributed by atoms with van der Waals surface area (Å²) in [5.41, 5.74) is 0. The average Bonchev–Trinajstić information content (AvgIpc) is 2.26. The van der Waals surface area contributed by atoms with Crippen LogP contribution >= 0.6 is 0 Å². The Bertz CT molecular complexity index is 194. The molecule has 1 aliphatic rings. The summed E-state index contributed by atoms with van der Waals surface area (Å²) in [6.07, 6.45) is 7.09. The second-order valence-electron chi connectivity index (χ2n) is 4.53. The van der Waals surface area contributed by atoms with Gasteiger partial charge in [-0.05, 0) is 25.2 Å². The molecule has 0 aromatic heterocycles. The lowest BCUT2D eigenvalue weighted by Crippen LogP contribution is -2.38. The van der Waals surface area contributed by atoms with Crippen molar-refractivity contribution in [3.63, 3.8) is 0 Å². The molecule has 3 heteroatoms. The first-order valence-corrected chi connectivity index (χ1v) is 6.16. The summed E-state index contributed by atoms with van der Waals surface area (Å²) in [5, 5.41) is 11.7. The Morgan fingerprint density at radius 3 is 2.93 bits per heavy atom. The van der Waals surface area contributed by atoms with E-state index in [1.807, 2.05) is 0 Å². The van der Waals surface area contributed by atoms with Gasteiger partial charge >= 0.3 is 0 Å². The van der Waals surface area contributed by atoms with E-state index in [4.69, 9.17) is 5.11 Å². The van der Waals surface area contributed by atoms with E-state index in [1.165, 1.54) is 19.3 Å². The van der Waals surface area contributed by atoms with Crippen LogP contribution in [0.15, 0.2) is 0 Å². The maximum atomic E-state index is 11.4. The van der Waals surface area contributed by atoms with E-state index in [2.05, 4.69) is 12.2 Å². The molecule has 3 nitrogen and oxygen atoms in total. The number of aliphatic hydroxyl groups is 1. The van der Waals surface area contributed by atoms with Gasteiger partial charge in [0.2, 0.25) is 5.91 Å². The van der Waals surface area contributed by atoms with Crippen molar-refractivity contribution >= 4 is 5.91 Å². The molecule has 2 N–H and O–H groups in total. The minimum absolute atomic E-state index is 0.103. The van der Waals surface area contributed by atoms with Crippen LogP contribution in [-0.4, -0.2) is 23.7 Å². The zero-order valence-corrected chi connectivity index (χ0v) is 9.67. The average molecular weight is 213 g/mol. The molecule has 2 unspecified atom stereocenters. The first kappa shape index (κ1) is 12.5. The molecular formula is C12H23NO2. The predicted octanol–water partition coefficient (Wildman–Crippen LogP) is 1.84. The summed E-state index contributed by atoms with van der Waals surface area (Å²) >= 11 is 0. The largest absolute Gasteiger partial charge is 0.396 e. The molecular weight excluding hydrogens is 190 g/mol. The minimum Gasteiger partial charge on any atom is -0.396 e. The van der Waals surface area contributed by atoms with Crippen molar-refractivity contribution < 1.29 is 9.90 Å². The van der Waals surface area contributed by atoms with Gasteiger partial charge in [-0.1, -0.05) is 26.2 Å². The number of rotatable bonds is 5. The normalized spacial score (nSPS) is 26.3. The monoisotopic (exact) mass is 213 g/mol. The van der Waals surface area contributed by atoms with Gasteiger partial charge in [0, 0.05) is 19.1 Å². The van der Waals surface area contributed by atoms with Crippen LogP contribution in [0.4, 0.5) is 0 Å². The SMILES string of the molecule is CCC1CCCC(NC(=O)CCCO)C1. The third kappa shape index (κ3) is 4.65. The summed E-state index contributed by atoms with van der Waals surface area (Å²) in [7, 11) is 0. The smallest absolute Gasteiger partial charge is 0.220 e. The molecule has 0 aromatic rings. The number of nitrogens with one attached hydrogen (secondary N) is 1. The van der Waals surface area contributed by atoms with Crippen molar-refractivity contribution in [1.82, 2.24) is 5.32 Å². The van der Waals surface area contributed by atoms with Crippen LogP contribution in [0.3, 0.4) is 0 Å². The molecule has 88 valence electrons. The highest BCUT2D eigenvalue weighted by molar-refractivity contribution is 5.76. The second-order valence-corrected chi connectivity index (χ2v) is 4.53. The van der Waals surface area contributed by atoms with Crippen LogP contribution in [-0.2, 0) is 4.79 Å². The molecule has 0 spiro atoms. The standard InChI is InChI=1S/C12H23NO2/c1-2-10-5-3-6-11(9-10)13-12(15)7-4-8-14/h10-11,14H,2-9H2,1H3,(H,13,15). The molecule has 15 heavy (non-hydrogen) atoms. The molecule has 0 bridgehead atoms. The van der Waals surface area contributed by atoms with Gasteiger partial charge in [0.05, 0.1) is 0 Å². The van der Waals surface area contributed by atoms with Gasteiger partial charge in [-0.25, -0.2) is 0 Å². The number of hydrogen-bond acceptors (Lipinski definition) is 2.